The van der Waals surface area contributed by atoms with Crippen LogP contribution in [0.3, 0.4) is 0 Å². The predicted octanol–water partition coefficient (Wildman–Crippen LogP) is 10.9. The lowest BCUT2D eigenvalue weighted by Crippen LogP contribution is -2.27. The van der Waals surface area contributed by atoms with Gasteiger partial charge in [0.25, 0.3) is 17.7 Å². The Morgan fingerprint density at radius 1 is 0.424 bits per heavy atom. The highest BCUT2D eigenvalue weighted by atomic mass is 79.9. The van der Waals surface area contributed by atoms with E-state index >= 15 is 0 Å². The first-order valence-electron chi connectivity index (χ1n) is 20.1. The minimum Gasteiger partial charge on any atom is -0.345 e. The summed E-state index contributed by atoms with van der Waals surface area (Å²) >= 11 is 9.77. The average Bonchev–Trinajstić information content (AvgIpc) is 3.32. The Morgan fingerprint density at radius 3 is 0.879 bits per heavy atom. The van der Waals surface area contributed by atoms with Gasteiger partial charge in [-0.1, -0.05) is 109 Å². The summed E-state index contributed by atoms with van der Waals surface area (Å²) in [5.74, 6) is -1.25. The van der Waals surface area contributed by atoms with Crippen molar-refractivity contribution in [1.29, 1.82) is 15.8 Å². The number of carbonyl (C=O) groups is 3. The van der Waals surface area contributed by atoms with E-state index in [9.17, 15) is 30.2 Å². The number of carbonyl (C=O) groups excluding carboxylic acids is 3. The molecule has 0 fully saturated rings. The molecule has 0 spiro atoms. The number of hydrogen-bond donors (Lipinski definition) is 3. The molecule has 0 unspecified atom stereocenters. The minimum atomic E-state index is -0.416. The van der Waals surface area contributed by atoms with E-state index in [2.05, 4.69) is 78.7 Å². The number of nitrogens with zero attached hydrogens (tertiary/aromatic N) is 6. The van der Waals surface area contributed by atoms with Crippen molar-refractivity contribution in [2.75, 3.05) is 0 Å². The molecule has 0 bridgehead atoms. The SMILES string of the molecule is C[C@H](NC(=O)/C(C#N)=C/c1cccc(Br)n1)c1ccccc1.C[C@H](NC(=O)/C(C#N)=C/c1cccc(Br)n1)c1ccccc1.C[C@H](NC(=O)/C(C#N)=C/c1cccc(Br)n1)c1ccccc1. The number of hydrogen-bond acceptors (Lipinski definition) is 9. The van der Waals surface area contributed by atoms with Crippen molar-refractivity contribution in [1.82, 2.24) is 30.9 Å². The van der Waals surface area contributed by atoms with Gasteiger partial charge in [0.1, 0.15) is 48.7 Å². The third-order valence-electron chi connectivity index (χ3n) is 9.12. The number of aromatic nitrogens is 3. The Bertz CT molecular complexity index is 2510. The number of nitrogens with one attached hydrogen (secondary N) is 3. The van der Waals surface area contributed by atoms with E-state index in [1.807, 2.05) is 130 Å². The van der Waals surface area contributed by atoms with E-state index in [0.29, 0.717) is 30.9 Å². The van der Waals surface area contributed by atoms with Gasteiger partial charge in [0.15, 0.2) is 0 Å². The average molecular weight is 1070 g/mol. The van der Waals surface area contributed by atoms with E-state index in [0.717, 1.165) is 16.7 Å². The lowest BCUT2D eigenvalue weighted by atomic mass is 10.1. The largest absolute Gasteiger partial charge is 0.345 e. The summed E-state index contributed by atoms with van der Waals surface area (Å²) in [6.07, 6.45) is 4.41. The molecular formula is C51H42Br3N9O3. The summed E-state index contributed by atoms with van der Waals surface area (Å²) in [6, 6.07) is 49.9. The van der Waals surface area contributed by atoms with Crippen LogP contribution in [0.2, 0.25) is 0 Å². The third-order valence-corrected chi connectivity index (χ3v) is 10.4. The van der Waals surface area contributed by atoms with Gasteiger partial charge in [0, 0.05) is 0 Å². The van der Waals surface area contributed by atoms with Crippen molar-refractivity contribution >= 4 is 83.7 Å². The van der Waals surface area contributed by atoms with Crippen molar-refractivity contribution in [3.05, 3.63) is 210 Å². The summed E-state index contributed by atoms with van der Waals surface area (Å²) in [5.41, 5.74) is 4.65. The van der Waals surface area contributed by atoms with Gasteiger partial charge in [0.2, 0.25) is 0 Å². The Morgan fingerprint density at radius 2 is 0.667 bits per heavy atom. The van der Waals surface area contributed by atoms with Gasteiger partial charge < -0.3 is 16.0 Å². The predicted molar refractivity (Wildman–Crippen MR) is 266 cm³/mol. The number of rotatable bonds is 12. The zero-order valence-electron chi connectivity index (χ0n) is 35.9. The van der Waals surface area contributed by atoms with E-state index in [1.165, 1.54) is 18.2 Å². The zero-order chi connectivity index (χ0) is 47.8. The van der Waals surface area contributed by atoms with Gasteiger partial charge in [-0.25, -0.2) is 15.0 Å². The van der Waals surface area contributed by atoms with Crippen molar-refractivity contribution in [2.24, 2.45) is 0 Å². The molecule has 3 aromatic carbocycles. The number of benzene rings is 3. The number of halogens is 3. The van der Waals surface area contributed by atoms with Gasteiger partial charge in [0.05, 0.1) is 35.2 Å². The highest BCUT2D eigenvalue weighted by Gasteiger charge is 2.16. The van der Waals surface area contributed by atoms with Crippen LogP contribution in [-0.2, 0) is 14.4 Å². The Hall–Kier alpha value is -7.35. The maximum absolute atomic E-state index is 12.2. The quantitative estimate of drug-likeness (QED) is 0.0606. The van der Waals surface area contributed by atoms with Crippen LogP contribution in [0, 0.1) is 34.0 Å². The molecular weight excluding hydrogens is 1030 g/mol. The molecule has 0 aliphatic carbocycles. The van der Waals surface area contributed by atoms with Crippen LogP contribution in [0.1, 0.15) is 72.7 Å². The van der Waals surface area contributed by atoms with Crippen molar-refractivity contribution in [3.63, 3.8) is 0 Å². The molecule has 0 saturated carbocycles. The maximum atomic E-state index is 12.2. The molecule has 3 amide bonds. The molecule has 330 valence electrons. The summed E-state index contributed by atoms with van der Waals surface area (Å²) in [6.45, 7) is 5.62. The van der Waals surface area contributed by atoms with Crippen molar-refractivity contribution in [3.8, 4) is 18.2 Å². The summed E-state index contributed by atoms with van der Waals surface area (Å²) in [4.78, 5) is 49.2. The summed E-state index contributed by atoms with van der Waals surface area (Å²) < 4.78 is 1.95. The normalized spacial score (nSPS) is 12.3. The molecule has 6 rings (SSSR count). The van der Waals surface area contributed by atoms with Gasteiger partial charge in [-0.2, -0.15) is 15.8 Å². The Balaban J connectivity index is 0.000000216. The van der Waals surface area contributed by atoms with Crippen LogP contribution >= 0.6 is 47.8 Å². The first-order valence-corrected chi connectivity index (χ1v) is 22.5. The van der Waals surface area contributed by atoms with Gasteiger partial charge in [-0.05, 0) is 140 Å². The molecule has 3 atom stereocenters. The molecule has 66 heavy (non-hydrogen) atoms. The van der Waals surface area contributed by atoms with Gasteiger partial charge >= 0.3 is 0 Å². The van der Waals surface area contributed by atoms with Crippen LogP contribution in [0.5, 0.6) is 0 Å². The maximum Gasteiger partial charge on any atom is 0.262 e. The molecule has 0 aliphatic rings. The fraction of sp³-hybridized carbons (Fsp3) is 0.118. The number of amides is 3. The summed E-state index contributed by atoms with van der Waals surface area (Å²) in [5, 5.41) is 36.0. The molecule has 3 aromatic heterocycles. The van der Waals surface area contributed by atoms with Crippen LogP contribution < -0.4 is 16.0 Å². The van der Waals surface area contributed by atoms with Crippen LogP contribution in [-0.4, -0.2) is 32.7 Å². The van der Waals surface area contributed by atoms with E-state index < -0.39 is 17.7 Å². The van der Waals surface area contributed by atoms with Crippen molar-refractivity contribution < 1.29 is 14.4 Å². The molecule has 0 saturated heterocycles. The first-order chi connectivity index (χ1) is 31.8. The van der Waals surface area contributed by atoms with Crippen LogP contribution in [0.25, 0.3) is 18.2 Å². The van der Waals surface area contributed by atoms with E-state index in [4.69, 9.17) is 0 Å². The van der Waals surface area contributed by atoms with Crippen molar-refractivity contribution in [2.45, 2.75) is 38.9 Å². The smallest absolute Gasteiger partial charge is 0.262 e. The third kappa shape index (κ3) is 17.3. The second-order valence-corrected chi connectivity index (χ2v) is 16.4. The minimum absolute atomic E-state index is 0.0216. The standard InChI is InChI=1S/3C17H14BrN3O/c3*1-12(13-6-3-2-4-7-13)20-17(22)14(11-19)10-15-8-5-9-16(18)21-15/h3*2-10,12H,1H3,(H,20,22)/b3*14-10+/t3*12-/m000/s1. The molecule has 0 aliphatic heterocycles. The molecule has 12 nitrogen and oxygen atoms in total. The molecule has 6 aromatic rings. The molecule has 0 radical (unpaired) electrons. The number of nitriles is 3. The zero-order valence-corrected chi connectivity index (χ0v) is 40.6. The second kappa shape index (κ2) is 27.1. The highest BCUT2D eigenvalue weighted by molar-refractivity contribution is 9.11. The first kappa shape index (κ1) is 51.3. The summed E-state index contributed by atoms with van der Waals surface area (Å²) in [7, 11) is 0. The topological polar surface area (TPSA) is 197 Å². The lowest BCUT2D eigenvalue weighted by Gasteiger charge is -2.13. The Kier molecular flexibility index (Phi) is 21.0. The van der Waals surface area contributed by atoms with Gasteiger partial charge in [-0.3, -0.25) is 14.4 Å². The van der Waals surface area contributed by atoms with Crippen LogP contribution in [0.15, 0.2) is 176 Å². The van der Waals surface area contributed by atoms with E-state index in [-0.39, 0.29) is 34.8 Å². The molecule has 15 heteroatoms. The fourth-order valence-electron chi connectivity index (χ4n) is 5.70. The van der Waals surface area contributed by atoms with E-state index in [1.54, 1.807) is 54.6 Å². The Labute approximate surface area is 409 Å². The molecule has 3 heterocycles. The van der Waals surface area contributed by atoms with Gasteiger partial charge in [-0.15, -0.1) is 0 Å². The highest BCUT2D eigenvalue weighted by Crippen LogP contribution is 2.17. The second-order valence-electron chi connectivity index (χ2n) is 14.0. The molecule has 3 N–H and O–H groups in total. The number of pyridine rings is 3. The monoisotopic (exact) mass is 1070 g/mol. The lowest BCUT2D eigenvalue weighted by molar-refractivity contribution is -0.118. The van der Waals surface area contributed by atoms with Crippen LogP contribution in [0.4, 0.5) is 0 Å². The fourth-order valence-corrected chi connectivity index (χ4v) is 6.77.